The molecule has 0 radical (unpaired) electrons. The Balaban J connectivity index is 2.68. The monoisotopic (exact) mass is 251 g/mol. The summed E-state index contributed by atoms with van der Waals surface area (Å²) in [5, 5.41) is 21.0. The molecule has 0 atom stereocenters. The van der Waals surface area contributed by atoms with Gasteiger partial charge in [0, 0.05) is 19.3 Å². The predicted octanol–water partition coefficient (Wildman–Crippen LogP) is 0.767. The molecule has 1 rings (SSSR count). The molecule has 1 aliphatic heterocycles. The van der Waals surface area contributed by atoms with Crippen LogP contribution in [0.25, 0.3) is 0 Å². The van der Waals surface area contributed by atoms with Crippen molar-refractivity contribution in [3.05, 3.63) is 11.8 Å². The Morgan fingerprint density at radius 1 is 1.44 bits per heavy atom. The van der Waals surface area contributed by atoms with Crippen molar-refractivity contribution >= 4 is 5.91 Å². The first kappa shape index (κ1) is 14.5. The molecule has 1 saturated heterocycles. The Labute approximate surface area is 108 Å². The van der Waals surface area contributed by atoms with Crippen LogP contribution in [0.1, 0.15) is 33.1 Å². The molecular formula is C13H21N3O2. The van der Waals surface area contributed by atoms with Crippen LogP contribution < -0.4 is 5.32 Å². The van der Waals surface area contributed by atoms with E-state index in [0.717, 1.165) is 32.4 Å². The van der Waals surface area contributed by atoms with Gasteiger partial charge in [-0.05, 0) is 33.1 Å². The van der Waals surface area contributed by atoms with Crippen molar-refractivity contribution in [2.24, 2.45) is 0 Å². The second-order valence-corrected chi connectivity index (χ2v) is 5.21. The molecular weight excluding hydrogens is 230 g/mol. The van der Waals surface area contributed by atoms with Gasteiger partial charge < -0.3 is 15.3 Å². The molecule has 18 heavy (non-hydrogen) atoms. The van der Waals surface area contributed by atoms with Gasteiger partial charge in [-0.15, -0.1) is 0 Å². The number of nitrogens with one attached hydrogen (secondary N) is 1. The van der Waals surface area contributed by atoms with Gasteiger partial charge in [-0.1, -0.05) is 0 Å². The zero-order chi connectivity index (χ0) is 13.6. The predicted molar refractivity (Wildman–Crippen MR) is 68.4 cm³/mol. The summed E-state index contributed by atoms with van der Waals surface area (Å²) >= 11 is 0. The number of hydrogen-bond donors (Lipinski definition) is 2. The van der Waals surface area contributed by atoms with Crippen LogP contribution in [0.4, 0.5) is 0 Å². The third kappa shape index (κ3) is 4.04. The fraction of sp³-hybridized carbons (Fsp3) is 0.692. The summed E-state index contributed by atoms with van der Waals surface area (Å²) in [7, 11) is 0. The van der Waals surface area contributed by atoms with Gasteiger partial charge in [-0.3, -0.25) is 4.79 Å². The van der Waals surface area contributed by atoms with Crippen molar-refractivity contribution in [3.63, 3.8) is 0 Å². The zero-order valence-electron chi connectivity index (χ0n) is 11.1. The molecule has 0 aromatic carbocycles. The maximum Gasteiger partial charge on any atom is 0.265 e. The summed E-state index contributed by atoms with van der Waals surface area (Å²) in [5.41, 5.74) is -0.442. The average molecular weight is 251 g/mol. The summed E-state index contributed by atoms with van der Waals surface area (Å²) in [6.07, 6.45) is 4.55. The highest BCUT2D eigenvalue weighted by atomic mass is 16.3. The van der Waals surface area contributed by atoms with Gasteiger partial charge in [0.05, 0.1) is 12.1 Å². The van der Waals surface area contributed by atoms with E-state index >= 15 is 0 Å². The summed E-state index contributed by atoms with van der Waals surface area (Å²) in [6.45, 7) is 4.97. The quantitative estimate of drug-likeness (QED) is 0.571. The van der Waals surface area contributed by atoms with E-state index in [2.05, 4.69) is 5.32 Å². The van der Waals surface area contributed by atoms with Gasteiger partial charge in [0.15, 0.2) is 0 Å². The van der Waals surface area contributed by atoms with Crippen molar-refractivity contribution in [1.29, 1.82) is 5.26 Å². The first-order chi connectivity index (χ1) is 8.50. The molecule has 1 amide bonds. The molecule has 5 heteroatoms. The van der Waals surface area contributed by atoms with Crippen LogP contribution in [0.3, 0.4) is 0 Å². The van der Waals surface area contributed by atoms with E-state index in [1.165, 1.54) is 6.20 Å². The number of aliphatic hydroxyl groups excluding tert-OH is 1. The molecule has 0 aromatic rings. The maximum absolute atomic E-state index is 12.1. The average Bonchev–Trinajstić information content (AvgIpc) is 2.40. The van der Waals surface area contributed by atoms with Crippen molar-refractivity contribution in [2.45, 2.75) is 38.6 Å². The minimum absolute atomic E-state index is 0.0693. The molecule has 0 unspecified atom stereocenters. The third-order valence-corrected chi connectivity index (χ3v) is 3.00. The van der Waals surface area contributed by atoms with E-state index in [0.29, 0.717) is 0 Å². The normalized spacial score (nSPS) is 17.2. The molecule has 0 aromatic heterocycles. The topological polar surface area (TPSA) is 76.4 Å². The number of amides is 1. The lowest BCUT2D eigenvalue weighted by Gasteiger charge is -2.27. The highest BCUT2D eigenvalue weighted by Crippen LogP contribution is 2.12. The maximum atomic E-state index is 12.1. The summed E-state index contributed by atoms with van der Waals surface area (Å²) in [5.74, 6) is -0.224. The number of piperidine rings is 1. The van der Waals surface area contributed by atoms with Crippen LogP contribution >= 0.6 is 0 Å². The van der Waals surface area contributed by atoms with E-state index < -0.39 is 5.54 Å². The van der Waals surface area contributed by atoms with Gasteiger partial charge in [0.25, 0.3) is 5.91 Å². The molecule has 1 fully saturated rings. The van der Waals surface area contributed by atoms with Crippen molar-refractivity contribution < 1.29 is 9.90 Å². The number of nitrogens with zero attached hydrogens (tertiary/aromatic N) is 2. The van der Waals surface area contributed by atoms with Crippen molar-refractivity contribution in [1.82, 2.24) is 10.2 Å². The van der Waals surface area contributed by atoms with Crippen LogP contribution in [0.2, 0.25) is 0 Å². The van der Waals surface area contributed by atoms with E-state index in [4.69, 9.17) is 10.4 Å². The fourth-order valence-corrected chi connectivity index (χ4v) is 1.72. The van der Waals surface area contributed by atoms with Crippen LogP contribution in [-0.2, 0) is 4.79 Å². The Morgan fingerprint density at radius 2 is 2.06 bits per heavy atom. The Hall–Kier alpha value is -1.54. The highest BCUT2D eigenvalue weighted by Gasteiger charge is 2.21. The zero-order valence-corrected chi connectivity index (χ0v) is 11.1. The summed E-state index contributed by atoms with van der Waals surface area (Å²) < 4.78 is 0. The Bertz CT molecular complexity index is 363. The number of rotatable bonds is 4. The van der Waals surface area contributed by atoms with E-state index in [1.807, 2.05) is 6.07 Å². The second kappa shape index (κ2) is 6.41. The largest absolute Gasteiger partial charge is 0.394 e. The second-order valence-electron chi connectivity index (χ2n) is 5.21. The summed E-state index contributed by atoms with van der Waals surface area (Å²) in [4.78, 5) is 13.8. The molecule has 0 spiro atoms. The van der Waals surface area contributed by atoms with E-state index in [1.54, 1.807) is 18.7 Å². The van der Waals surface area contributed by atoms with Gasteiger partial charge in [0.1, 0.15) is 11.6 Å². The molecule has 5 nitrogen and oxygen atoms in total. The number of nitriles is 1. The van der Waals surface area contributed by atoms with Crippen molar-refractivity contribution in [2.75, 3.05) is 19.7 Å². The minimum Gasteiger partial charge on any atom is -0.394 e. The van der Waals surface area contributed by atoms with E-state index in [-0.39, 0.29) is 18.1 Å². The van der Waals surface area contributed by atoms with Gasteiger partial charge in [-0.2, -0.15) is 5.26 Å². The lowest BCUT2D eigenvalue weighted by atomic mass is 10.1. The molecule has 0 aliphatic carbocycles. The molecule has 100 valence electrons. The molecule has 2 N–H and O–H groups in total. The highest BCUT2D eigenvalue weighted by molar-refractivity contribution is 5.97. The number of hydrogen-bond acceptors (Lipinski definition) is 4. The smallest absolute Gasteiger partial charge is 0.265 e. The van der Waals surface area contributed by atoms with Crippen molar-refractivity contribution in [3.8, 4) is 6.07 Å². The van der Waals surface area contributed by atoms with Gasteiger partial charge in [-0.25, -0.2) is 0 Å². The number of carbonyl (C=O) groups excluding carboxylic acids is 1. The van der Waals surface area contributed by atoms with E-state index in [9.17, 15) is 4.79 Å². The number of likely N-dealkylation sites (tertiary alicyclic amines) is 1. The minimum atomic E-state index is -0.537. The Morgan fingerprint density at radius 3 is 2.56 bits per heavy atom. The van der Waals surface area contributed by atoms with Crippen LogP contribution in [0.15, 0.2) is 11.8 Å². The number of aliphatic hydroxyl groups is 1. The number of carbonyl (C=O) groups is 1. The Kier molecular flexibility index (Phi) is 5.17. The molecule has 0 bridgehead atoms. The fourth-order valence-electron chi connectivity index (χ4n) is 1.72. The molecule has 1 aliphatic rings. The molecule has 1 heterocycles. The SMILES string of the molecule is CC(C)(CO)N/C=C(/C#N)C(=O)N1CCCCC1. The first-order valence-electron chi connectivity index (χ1n) is 6.28. The standard InChI is InChI=1S/C13H21N3O2/c1-13(2,10-17)15-9-11(8-14)12(18)16-6-4-3-5-7-16/h9,15,17H,3-7,10H2,1-2H3/b11-9-. The first-order valence-corrected chi connectivity index (χ1v) is 6.28. The van der Waals surface area contributed by atoms with Crippen LogP contribution in [-0.4, -0.2) is 41.1 Å². The molecule has 0 saturated carbocycles. The van der Waals surface area contributed by atoms with Crippen LogP contribution in [0, 0.1) is 11.3 Å². The van der Waals surface area contributed by atoms with Gasteiger partial charge in [0.2, 0.25) is 0 Å². The van der Waals surface area contributed by atoms with Crippen LogP contribution in [0.5, 0.6) is 0 Å². The third-order valence-electron chi connectivity index (χ3n) is 3.00. The van der Waals surface area contributed by atoms with Gasteiger partial charge >= 0.3 is 0 Å². The lowest BCUT2D eigenvalue weighted by molar-refractivity contribution is -0.127. The summed E-state index contributed by atoms with van der Waals surface area (Å²) in [6, 6.07) is 1.92. The lowest BCUT2D eigenvalue weighted by Crippen LogP contribution is -2.41.